The first-order valence-electron chi connectivity index (χ1n) is 5.48. The highest BCUT2D eigenvalue weighted by molar-refractivity contribution is 9.10. The number of anilines is 2. The molecule has 1 aromatic heterocycles. The summed E-state index contributed by atoms with van der Waals surface area (Å²) in [7, 11) is -2.36. The number of halogens is 2. The number of nitrogens with one attached hydrogen (secondary N) is 1. The monoisotopic (exact) mass is 362 g/mol. The van der Waals surface area contributed by atoms with Crippen molar-refractivity contribution in [3.8, 4) is 0 Å². The van der Waals surface area contributed by atoms with Gasteiger partial charge < -0.3 is 5.73 Å². The third-order valence-electron chi connectivity index (χ3n) is 2.62. The van der Waals surface area contributed by atoms with E-state index in [2.05, 4.69) is 25.8 Å². The van der Waals surface area contributed by atoms with Gasteiger partial charge in [0.1, 0.15) is 10.7 Å². The normalized spacial score (nSPS) is 11.6. The van der Waals surface area contributed by atoms with Gasteiger partial charge in [-0.25, -0.2) is 12.8 Å². The molecule has 0 radical (unpaired) electrons. The van der Waals surface area contributed by atoms with Crippen molar-refractivity contribution in [2.24, 2.45) is 7.05 Å². The molecule has 0 atom stereocenters. The van der Waals surface area contributed by atoms with Crippen molar-refractivity contribution in [1.82, 2.24) is 9.78 Å². The maximum Gasteiger partial charge on any atom is 0.267 e. The summed E-state index contributed by atoms with van der Waals surface area (Å²) in [6, 6.07) is 2.59. The first-order chi connectivity index (χ1) is 9.20. The Kier molecular flexibility index (Phi) is 3.74. The van der Waals surface area contributed by atoms with E-state index < -0.39 is 15.8 Å². The standard InChI is InChI=1S/C11H12BrFN4O2S/c1-6-3-7(12)8(13)4-9(6)16-20(18,19)10-5-17(2)15-11(10)14/h3-5,16H,1-2H3,(H2,14,15). The van der Waals surface area contributed by atoms with Gasteiger partial charge in [-0.3, -0.25) is 9.40 Å². The number of nitrogens with zero attached hydrogens (tertiary/aromatic N) is 2. The van der Waals surface area contributed by atoms with Crippen LogP contribution in [0.25, 0.3) is 0 Å². The molecule has 2 aromatic rings. The van der Waals surface area contributed by atoms with Crippen LogP contribution < -0.4 is 10.5 Å². The fourth-order valence-electron chi connectivity index (χ4n) is 1.65. The number of aromatic nitrogens is 2. The lowest BCUT2D eigenvalue weighted by Crippen LogP contribution is -2.15. The number of nitrogen functional groups attached to an aromatic ring is 1. The maximum atomic E-state index is 13.5. The Labute approximate surface area is 124 Å². The predicted octanol–water partition coefficient (Wildman–Crippen LogP) is 2.01. The number of rotatable bonds is 3. The van der Waals surface area contributed by atoms with E-state index in [-0.39, 0.29) is 20.9 Å². The molecule has 0 spiro atoms. The van der Waals surface area contributed by atoms with Crippen LogP contribution in [0, 0.1) is 12.7 Å². The Bertz CT molecular complexity index is 773. The molecule has 108 valence electrons. The summed E-state index contributed by atoms with van der Waals surface area (Å²) in [5.74, 6) is -0.678. The van der Waals surface area contributed by atoms with E-state index in [0.29, 0.717) is 5.56 Å². The number of nitrogens with two attached hydrogens (primary N) is 1. The molecule has 0 fully saturated rings. The van der Waals surface area contributed by atoms with Crippen LogP contribution in [0.4, 0.5) is 15.9 Å². The Morgan fingerprint density at radius 3 is 2.65 bits per heavy atom. The fraction of sp³-hybridized carbons (Fsp3) is 0.182. The van der Waals surface area contributed by atoms with Crippen LogP contribution in [-0.2, 0) is 17.1 Å². The zero-order chi connectivity index (χ0) is 15.1. The molecule has 9 heteroatoms. The van der Waals surface area contributed by atoms with Crippen molar-refractivity contribution in [3.63, 3.8) is 0 Å². The second-order valence-electron chi connectivity index (χ2n) is 4.24. The molecule has 1 aromatic carbocycles. The second-order valence-corrected chi connectivity index (χ2v) is 6.74. The Balaban J connectivity index is 2.43. The fourth-order valence-corrected chi connectivity index (χ4v) is 3.33. The molecular formula is C11H12BrFN4O2S. The zero-order valence-electron chi connectivity index (χ0n) is 10.7. The molecule has 0 unspecified atom stereocenters. The van der Waals surface area contributed by atoms with Crippen molar-refractivity contribution in [2.75, 3.05) is 10.5 Å². The van der Waals surface area contributed by atoms with E-state index >= 15 is 0 Å². The minimum atomic E-state index is -3.92. The molecule has 2 rings (SSSR count). The van der Waals surface area contributed by atoms with E-state index in [4.69, 9.17) is 5.73 Å². The smallest absolute Gasteiger partial charge is 0.267 e. The average molecular weight is 363 g/mol. The average Bonchev–Trinajstić information content (AvgIpc) is 2.66. The van der Waals surface area contributed by atoms with Crippen LogP contribution in [0.3, 0.4) is 0 Å². The third-order valence-corrected chi connectivity index (χ3v) is 4.61. The molecule has 6 nitrogen and oxygen atoms in total. The highest BCUT2D eigenvalue weighted by Crippen LogP contribution is 2.27. The molecule has 0 saturated carbocycles. The Morgan fingerprint density at radius 2 is 2.10 bits per heavy atom. The highest BCUT2D eigenvalue weighted by atomic mass is 79.9. The predicted molar refractivity (Wildman–Crippen MR) is 77.3 cm³/mol. The topological polar surface area (TPSA) is 90.0 Å². The largest absolute Gasteiger partial charge is 0.381 e. The van der Waals surface area contributed by atoms with Gasteiger partial charge >= 0.3 is 0 Å². The number of hydrogen-bond acceptors (Lipinski definition) is 4. The van der Waals surface area contributed by atoms with E-state index in [0.717, 1.165) is 6.07 Å². The van der Waals surface area contributed by atoms with Crippen molar-refractivity contribution in [3.05, 3.63) is 34.2 Å². The van der Waals surface area contributed by atoms with Crippen LogP contribution in [0.2, 0.25) is 0 Å². The van der Waals surface area contributed by atoms with Crippen LogP contribution >= 0.6 is 15.9 Å². The summed E-state index contributed by atoms with van der Waals surface area (Å²) < 4.78 is 41.8. The molecule has 3 N–H and O–H groups in total. The van der Waals surface area contributed by atoms with Crippen LogP contribution in [0.1, 0.15) is 5.56 Å². The first-order valence-corrected chi connectivity index (χ1v) is 7.76. The van der Waals surface area contributed by atoms with E-state index in [1.165, 1.54) is 16.9 Å². The maximum absolute atomic E-state index is 13.5. The molecular weight excluding hydrogens is 351 g/mol. The Morgan fingerprint density at radius 1 is 1.45 bits per heavy atom. The van der Waals surface area contributed by atoms with E-state index in [1.807, 2.05) is 0 Å². The zero-order valence-corrected chi connectivity index (χ0v) is 13.1. The van der Waals surface area contributed by atoms with E-state index in [1.54, 1.807) is 14.0 Å². The van der Waals surface area contributed by atoms with Gasteiger partial charge in [0.2, 0.25) is 0 Å². The van der Waals surface area contributed by atoms with Gasteiger partial charge in [-0.05, 0) is 40.5 Å². The van der Waals surface area contributed by atoms with Crippen molar-refractivity contribution < 1.29 is 12.8 Å². The van der Waals surface area contributed by atoms with Crippen molar-refractivity contribution in [2.45, 2.75) is 11.8 Å². The Hall–Kier alpha value is -1.61. The van der Waals surface area contributed by atoms with Crippen molar-refractivity contribution >= 4 is 37.5 Å². The molecule has 1 heterocycles. The van der Waals surface area contributed by atoms with Gasteiger partial charge in [0.25, 0.3) is 10.0 Å². The summed E-state index contributed by atoms with van der Waals surface area (Å²) in [6.45, 7) is 1.66. The van der Waals surface area contributed by atoms with Crippen LogP contribution in [0.5, 0.6) is 0 Å². The number of sulfonamides is 1. The van der Waals surface area contributed by atoms with Crippen LogP contribution in [0.15, 0.2) is 27.7 Å². The SMILES string of the molecule is Cc1cc(Br)c(F)cc1NS(=O)(=O)c1cn(C)nc1N. The first kappa shape index (κ1) is 14.8. The quantitative estimate of drug-likeness (QED) is 0.873. The summed E-state index contributed by atoms with van der Waals surface area (Å²) >= 11 is 3.03. The summed E-state index contributed by atoms with van der Waals surface area (Å²) in [5.41, 5.74) is 6.26. The molecule has 0 aliphatic heterocycles. The van der Waals surface area contributed by atoms with Gasteiger partial charge in [-0.15, -0.1) is 0 Å². The van der Waals surface area contributed by atoms with Gasteiger partial charge in [-0.1, -0.05) is 0 Å². The van der Waals surface area contributed by atoms with Gasteiger partial charge in [0.05, 0.1) is 10.2 Å². The molecule has 0 aliphatic carbocycles. The third kappa shape index (κ3) is 2.78. The second kappa shape index (κ2) is 5.06. The van der Waals surface area contributed by atoms with E-state index in [9.17, 15) is 12.8 Å². The summed E-state index contributed by atoms with van der Waals surface area (Å²) in [4.78, 5) is -0.150. The lowest BCUT2D eigenvalue weighted by atomic mass is 10.2. The summed E-state index contributed by atoms with van der Waals surface area (Å²) in [6.07, 6.45) is 1.28. The minimum absolute atomic E-state index is 0.116. The lowest BCUT2D eigenvalue weighted by molar-refractivity contribution is 0.601. The van der Waals surface area contributed by atoms with Gasteiger partial charge in [0, 0.05) is 13.2 Å². The number of hydrogen-bond donors (Lipinski definition) is 2. The number of benzene rings is 1. The highest BCUT2D eigenvalue weighted by Gasteiger charge is 2.22. The molecule has 20 heavy (non-hydrogen) atoms. The van der Waals surface area contributed by atoms with Gasteiger partial charge in [-0.2, -0.15) is 5.10 Å². The molecule has 0 aliphatic rings. The van der Waals surface area contributed by atoms with Gasteiger partial charge in [0.15, 0.2) is 5.82 Å². The molecule has 0 saturated heterocycles. The number of aryl methyl sites for hydroxylation is 2. The minimum Gasteiger partial charge on any atom is -0.381 e. The van der Waals surface area contributed by atoms with Crippen molar-refractivity contribution in [1.29, 1.82) is 0 Å². The summed E-state index contributed by atoms with van der Waals surface area (Å²) in [5, 5.41) is 3.77. The molecule has 0 amide bonds. The molecule has 0 bridgehead atoms. The van der Waals surface area contributed by atoms with Crippen LogP contribution in [-0.4, -0.2) is 18.2 Å². The lowest BCUT2D eigenvalue weighted by Gasteiger charge is -2.10.